The van der Waals surface area contributed by atoms with Gasteiger partial charge in [-0.25, -0.2) is 13.2 Å². The van der Waals surface area contributed by atoms with Gasteiger partial charge in [-0.05, 0) is 51.2 Å². The second-order valence-electron chi connectivity index (χ2n) is 8.08. The molecule has 2 aromatic rings. The Morgan fingerprint density at radius 1 is 1.21 bits per heavy atom. The van der Waals surface area contributed by atoms with Crippen molar-refractivity contribution in [2.45, 2.75) is 51.1 Å². The maximum atomic E-state index is 13.2. The molecule has 4 rings (SSSR count). The summed E-state index contributed by atoms with van der Waals surface area (Å²) in [6.45, 7) is 1.61. The molecule has 1 N–H and O–H groups in total. The van der Waals surface area contributed by atoms with Gasteiger partial charge in [-0.15, -0.1) is 0 Å². The summed E-state index contributed by atoms with van der Waals surface area (Å²) in [4.78, 5) is 25.8. The van der Waals surface area contributed by atoms with Crippen molar-refractivity contribution >= 4 is 32.5 Å². The SMILES string of the molecule is C[C@]1(NC(=O)Cn2c(=O)n(C3=CCCCC3)c3ccccc32)CCS(=O)(=O)C1. The molecule has 1 atom stereocenters. The number of carbonyl (C=O) groups is 1. The van der Waals surface area contributed by atoms with Crippen LogP contribution in [-0.2, 0) is 21.2 Å². The first-order valence-electron chi connectivity index (χ1n) is 9.69. The van der Waals surface area contributed by atoms with Crippen molar-refractivity contribution in [2.75, 3.05) is 11.5 Å². The van der Waals surface area contributed by atoms with Crippen molar-refractivity contribution in [3.05, 3.63) is 40.8 Å². The van der Waals surface area contributed by atoms with E-state index in [1.807, 2.05) is 24.3 Å². The molecule has 28 heavy (non-hydrogen) atoms. The lowest BCUT2D eigenvalue weighted by Gasteiger charge is -2.23. The third-order valence-corrected chi connectivity index (χ3v) is 7.54. The van der Waals surface area contributed by atoms with Crippen molar-refractivity contribution < 1.29 is 13.2 Å². The van der Waals surface area contributed by atoms with E-state index in [4.69, 9.17) is 0 Å². The highest BCUT2D eigenvalue weighted by atomic mass is 32.2. The van der Waals surface area contributed by atoms with Crippen molar-refractivity contribution in [3.63, 3.8) is 0 Å². The van der Waals surface area contributed by atoms with Gasteiger partial charge in [0, 0.05) is 5.70 Å². The number of benzene rings is 1. The zero-order valence-corrected chi connectivity index (χ0v) is 16.8. The van der Waals surface area contributed by atoms with E-state index in [2.05, 4.69) is 11.4 Å². The molecule has 1 aliphatic heterocycles. The Labute approximate surface area is 164 Å². The van der Waals surface area contributed by atoms with Gasteiger partial charge in [0.05, 0.1) is 28.1 Å². The summed E-state index contributed by atoms with van der Waals surface area (Å²) >= 11 is 0. The minimum Gasteiger partial charge on any atom is -0.348 e. The highest BCUT2D eigenvalue weighted by Gasteiger charge is 2.39. The van der Waals surface area contributed by atoms with Crippen molar-refractivity contribution in [3.8, 4) is 0 Å². The molecule has 2 aliphatic rings. The monoisotopic (exact) mass is 403 g/mol. The lowest BCUT2D eigenvalue weighted by atomic mass is 10.0. The second kappa shape index (κ2) is 6.92. The average molecular weight is 404 g/mol. The van der Waals surface area contributed by atoms with E-state index in [9.17, 15) is 18.0 Å². The van der Waals surface area contributed by atoms with E-state index in [0.717, 1.165) is 36.9 Å². The van der Waals surface area contributed by atoms with E-state index < -0.39 is 15.4 Å². The lowest BCUT2D eigenvalue weighted by Crippen LogP contribution is -2.48. The number of rotatable bonds is 4. The predicted octanol–water partition coefficient (Wildman–Crippen LogP) is 1.91. The number of amides is 1. The summed E-state index contributed by atoms with van der Waals surface area (Å²) in [6.07, 6.45) is 6.47. The molecule has 1 aromatic carbocycles. The fourth-order valence-electron chi connectivity index (χ4n) is 4.29. The minimum absolute atomic E-state index is 0.0602. The number of carbonyl (C=O) groups excluding carboxylic acids is 1. The van der Waals surface area contributed by atoms with Crippen LogP contribution in [0.25, 0.3) is 16.7 Å². The van der Waals surface area contributed by atoms with Crippen LogP contribution < -0.4 is 11.0 Å². The molecule has 1 aliphatic carbocycles. The molecular weight excluding hydrogens is 378 g/mol. The topological polar surface area (TPSA) is 90.2 Å². The molecule has 8 heteroatoms. The molecule has 0 spiro atoms. The standard InChI is InChI=1S/C20H25N3O4S/c1-20(11-12-28(26,27)14-20)21-18(24)13-22-16-9-5-6-10-17(16)23(19(22)25)15-7-3-2-4-8-15/h5-7,9-10H,2-4,8,11-14H2,1H3,(H,21,24)/t20-/m0/s1. The number of hydrogen-bond donors (Lipinski definition) is 1. The Hall–Kier alpha value is -2.35. The number of aromatic nitrogens is 2. The average Bonchev–Trinajstić information content (AvgIpc) is 3.08. The normalized spacial score (nSPS) is 24.2. The van der Waals surface area contributed by atoms with Gasteiger partial charge in [0.25, 0.3) is 0 Å². The van der Waals surface area contributed by atoms with Crippen LogP contribution in [0.2, 0.25) is 0 Å². The lowest BCUT2D eigenvalue weighted by molar-refractivity contribution is -0.123. The number of imidazole rings is 1. The van der Waals surface area contributed by atoms with Crippen LogP contribution in [-0.4, -0.2) is 40.5 Å². The van der Waals surface area contributed by atoms with Gasteiger partial charge < -0.3 is 5.32 Å². The van der Waals surface area contributed by atoms with Crippen LogP contribution >= 0.6 is 0 Å². The van der Waals surface area contributed by atoms with E-state index in [-0.39, 0.29) is 29.6 Å². The molecule has 2 heterocycles. The van der Waals surface area contributed by atoms with Crippen molar-refractivity contribution in [1.29, 1.82) is 0 Å². The molecule has 0 bridgehead atoms. The fraction of sp³-hybridized carbons (Fsp3) is 0.500. The third kappa shape index (κ3) is 3.53. The minimum atomic E-state index is -3.12. The Bertz CT molecular complexity index is 1130. The van der Waals surface area contributed by atoms with Crippen LogP contribution in [0.1, 0.15) is 39.0 Å². The van der Waals surface area contributed by atoms with Gasteiger partial charge in [-0.1, -0.05) is 18.2 Å². The van der Waals surface area contributed by atoms with E-state index in [1.165, 1.54) is 4.57 Å². The summed E-state index contributed by atoms with van der Waals surface area (Å²) in [5.41, 5.74) is 1.49. The second-order valence-corrected chi connectivity index (χ2v) is 10.3. The Kier molecular flexibility index (Phi) is 4.69. The summed E-state index contributed by atoms with van der Waals surface area (Å²) in [5, 5.41) is 2.84. The smallest absolute Gasteiger partial charge is 0.333 e. The number of allylic oxidation sites excluding steroid dienone is 2. The van der Waals surface area contributed by atoms with E-state index in [0.29, 0.717) is 11.9 Å². The Morgan fingerprint density at radius 2 is 1.96 bits per heavy atom. The number of fused-ring (bicyclic) bond motifs is 1. The van der Waals surface area contributed by atoms with Crippen LogP contribution in [0.4, 0.5) is 0 Å². The quantitative estimate of drug-likeness (QED) is 0.844. The van der Waals surface area contributed by atoms with Crippen molar-refractivity contribution in [1.82, 2.24) is 14.5 Å². The molecule has 1 aromatic heterocycles. The van der Waals surface area contributed by atoms with Gasteiger partial charge in [0.2, 0.25) is 5.91 Å². The molecule has 1 amide bonds. The first kappa shape index (κ1) is 19.0. The van der Waals surface area contributed by atoms with Crippen LogP contribution in [0.5, 0.6) is 0 Å². The predicted molar refractivity (Wildman–Crippen MR) is 109 cm³/mol. The maximum Gasteiger partial charge on any atom is 0.333 e. The summed E-state index contributed by atoms with van der Waals surface area (Å²) in [6, 6.07) is 7.47. The Balaban J connectivity index is 1.66. The van der Waals surface area contributed by atoms with E-state index in [1.54, 1.807) is 11.5 Å². The first-order chi connectivity index (χ1) is 13.3. The maximum absolute atomic E-state index is 13.2. The number of para-hydroxylation sites is 2. The molecule has 0 saturated carbocycles. The first-order valence-corrected chi connectivity index (χ1v) is 11.5. The molecule has 150 valence electrons. The zero-order chi connectivity index (χ0) is 19.9. The molecule has 0 radical (unpaired) electrons. The number of nitrogens with zero attached hydrogens (tertiary/aromatic N) is 2. The largest absolute Gasteiger partial charge is 0.348 e. The number of sulfone groups is 1. The number of hydrogen-bond acceptors (Lipinski definition) is 4. The van der Waals surface area contributed by atoms with Gasteiger partial charge in [0.15, 0.2) is 9.84 Å². The highest BCUT2D eigenvalue weighted by Crippen LogP contribution is 2.25. The summed E-state index contributed by atoms with van der Waals surface area (Å²) < 4.78 is 26.7. The van der Waals surface area contributed by atoms with Crippen molar-refractivity contribution in [2.24, 2.45) is 0 Å². The van der Waals surface area contributed by atoms with Crippen LogP contribution in [0, 0.1) is 0 Å². The van der Waals surface area contributed by atoms with Gasteiger partial charge in [-0.2, -0.15) is 0 Å². The molecule has 7 nitrogen and oxygen atoms in total. The molecule has 1 saturated heterocycles. The zero-order valence-electron chi connectivity index (χ0n) is 16.0. The molecule has 1 fully saturated rings. The molecular formula is C20H25N3O4S. The van der Waals surface area contributed by atoms with Crippen LogP contribution in [0.3, 0.4) is 0 Å². The number of nitrogens with one attached hydrogen (secondary N) is 1. The summed E-state index contributed by atoms with van der Waals surface area (Å²) in [5.74, 6) is -0.325. The third-order valence-electron chi connectivity index (χ3n) is 5.64. The summed E-state index contributed by atoms with van der Waals surface area (Å²) in [7, 11) is -3.12. The van der Waals surface area contributed by atoms with E-state index >= 15 is 0 Å². The highest BCUT2D eigenvalue weighted by molar-refractivity contribution is 7.91. The fourth-order valence-corrected chi connectivity index (χ4v) is 6.38. The van der Waals surface area contributed by atoms with Gasteiger partial charge >= 0.3 is 5.69 Å². The van der Waals surface area contributed by atoms with Gasteiger partial charge in [0.1, 0.15) is 6.54 Å². The van der Waals surface area contributed by atoms with Gasteiger partial charge in [-0.3, -0.25) is 13.9 Å². The molecule has 0 unspecified atom stereocenters. The Morgan fingerprint density at radius 3 is 2.61 bits per heavy atom. The van der Waals surface area contributed by atoms with Crippen LogP contribution in [0.15, 0.2) is 35.1 Å².